The van der Waals surface area contributed by atoms with Gasteiger partial charge in [0.15, 0.2) is 0 Å². The summed E-state index contributed by atoms with van der Waals surface area (Å²) >= 11 is 2.57. The topological polar surface area (TPSA) is 57.0 Å². The van der Waals surface area contributed by atoms with Crippen molar-refractivity contribution in [2.24, 2.45) is 0 Å². The molecule has 0 saturated carbocycles. The standard InChI is InChI=1S/C15H9NO4S2.2K/c1-3-12(17)19-8-9-20-14(18)13(16-2)15-21-10-6-4-5-7-11(10)22-15;;/h3-5H,1,8-9H2;;/q-2;2*+1. The molecule has 1 aromatic rings. The van der Waals surface area contributed by atoms with Gasteiger partial charge in [0.2, 0.25) is 0 Å². The Hall–Kier alpha value is 1.10. The molecule has 112 valence electrons. The molecule has 1 heterocycles. The third-order valence-corrected chi connectivity index (χ3v) is 4.77. The Morgan fingerprint density at radius 2 is 1.71 bits per heavy atom. The molecule has 9 heteroatoms. The fourth-order valence-corrected chi connectivity index (χ4v) is 3.69. The predicted molar refractivity (Wildman–Crippen MR) is 81.6 cm³/mol. The molecule has 0 unspecified atom stereocenters. The van der Waals surface area contributed by atoms with Gasteiger partial charge in [-0.05, 0) is 0 Å². The fourth-order valence-electron chi connectivity index (χ4n) is 1.40. The molecule has 2 rings (SSSR count). The minimum atomic E-state index is -0.743. The number of rotatable bonds is 5. The van der Waals surface area contributed by atoms with Crippen LogP contribution in [0.1, 0.15) is 0 Å². The largest absolute Gasteiger partial charge is 1.00 e. The van der Waals surface area contributed by atoms with Crippen LogP contribution in [-0.2, 0) is 19.1 Å². The first-order chi connectivity index (χ1) is 10.7. The van der Waals surface area contributed by atoms with E-state index in [0.29, 0.717) is 4.24 Å². The predicted octanol–water partition coefficient (Wildman–Crippen LogP) is -3.15. The number of esters is 2. The van der Waals surface area contributed by atoms with E-state index in [2.05, 4.69) is 28.3 Å². The first-order valence-corrected chi connectivity index (χ1v) is 7.65. The second-order valence-electron chi connectivity index (χ2n) is 3.74. The van der Waals surface area contributed by atoms with Crippen LogP contribution >= 0.6 is 23.5 Å². The van der Waals surface area contributed by atoms with E-state index in [0.717, 1.165) is 15.9 Å². The van der Waals surface area contributed by atoms with Gasteiger partial charge in [-0.2, -0.15) is 23.5 Å². The number of carbonyl (C=O) groups excluding carboxylic acids is 2. The normalized spacial score (nSPS) is 11.0. The van der Waals surface area contributed by atoms with Crippen molar-refractivity contribution in [1.29, 1.82) is 0 Å². The van der Waals surface area contributed by atoms with Crippen LogP contribution in [0.5, 0.6) is 0 Å². The molecule has 0 atom stereocenters. The van der Waals surface area contributed by atoms with Crippen LogP contribution in [0, 0.1) is 18.7 Å². The summed E-state index contributed by atoms with van der Waals surface area (Å²) in [6.07, 6.45) is 1.02. The Labute approximate surface area is 234 Å². The number of nitrogens with zero attached hydrogens (tertiary/aromatic N) is 1. The van der Waals surface area contributed by atoms with Crippen LogP contribution in [0.4, 0.5) is 0 Å². The molecule has 0 bridgehead atoms. The van der Waals surface area contributed by atoms with Gasteiger partial charge in [-0.3, -0.25) is 16.9 Å². The molecule has 1 aliphatic heterocycles. The molecule has 0 amide bonds. The Bertz CT molecular complexity index is 674. The third kappa shape index (κ3) is 7.38. The third-order valence-electron chi connectivity index (χ3n) is 2.33. The van der Waals surface area contributed by atoms with E-state index in [9.17, 15) is 9.59 Å². The molecule has 0 fully saturated rings. The van der Waals surface area contributed by atoms with Crippen molar-refractivity contribution in [2.45, 2.75) is 9.79 Å². The molecule has 1 aliphatic rings. The first kappa shape index (κ1) is 25.1. The van der Waals surface area contributed by atoms with E-state index in [-0.39, 0.29) is 122 Å². The molecule has 0 saturated heterocycles. The molecule has 0 aromatic heterocycles. The summed E-state index contributed by atoms with van der Waals surface area (Å²) in [6, 6.07) is 9.49. The van der Waals surface area contributed by atoms with Gasteiger partial charge in [0.1, 0.15) is 13.2 Å². The van der Waals surface area contributed by atoms with Crippen LogP contribution in [0.15, 0.2) is 44.5 Å². The SMILES string of the molecule is [C-]#[N+]C(C(=O)OCCOC(=O)C=C)=C1Sc2[c-]cc[c-]c2S1.[K+].[K+]. The molecule has 0 N–H and O–H groups in total. The van der Waals surface area contributed by atoms with Gasteiger partial charge in [-0.15, -0.1) is 0 Å². The van der Waals surface area contributed by atoms with Gasteiger partial charge in [0, 0.05) is 10.3 Å². The summed E-state index contributed by atoms with van der Waals surface area (Å²) in [5.74, 6) is -1.34. The van der Waals surface area contributed by atoms with E-state index >= 15 is 0 Å². The van der Waals surface area contributed by atoms with Crippen molar-refractivity contribution < 1.29 is 122 Å². The number of thioether (sulfide) groups is 2. The second kappa shape index (κ2) is 13.3. The number of fused-ring (bicyclic) bond motifs is 1. The molecule has 0 radical (unpaired) electrons. The summed E-state index contributed by atoms with van der Waals surface area (Å²) in [5.41, 5.74) is -0.0944. The number of hydrogen-bond donors (Lipinski definition) is 0. The van der Waals surface area contributed by atoms with Crippen molar-refractivity contribution >= 4 is 35.5 Å². The maximum atomic E-state index is 11.9. The van der Waals surface area contributed by atoms with E-state index < -0.39 is 11.9 Å². The summed E-state index contributed by atoms with van der Waals surface area (Å²) in [7, 11) is 0. The van der Waals surface area contributed by atoms with Crippen LogP contribution in [0.25, 0.3) is 4.85 Å². The summed E-state index contributed by atoms with van der Waals surface area (Å²) < 4.78 is 10.2. The van der Waals surface area contributed by atoms with E-state index in [4.69, 9.17) is 11.3 Å². The van der Waals surface area contributed by atoms with Crippen molar-refractivity contribution in [3.05, 3.63) is 58.3 Å². The van der Waals surface area contributed by atoms with Gasteiger partial charge in [-0.25, -0.2) is 19.4 Å². The maximum Gasteiger partial charge on any atom is 1.00 e. The van der Waals surface area contributed by atoms with Crippen LogP contribution < -0.4 is 103 Å². The molecule has 5 nitrogen and oxygen atoms in total. The van der Waals surface area contributed by atoms with E-state index in [1.54, 1.807) is 12.1 Å². The Kier molecular flexibility index (Phi) is 13.9. The quantitative estimate of drug-likeness (QED) is 0.168. The zero-order chi connectivity index (χ0) is 15.9. The number of benzene rings is 1. The van der Waals surface area contributed by atoms with Crippen LogP contribution in [0.2, 0.25) is 0 Å². The molecular formula is C15H9K2NO4S2. The van der Waals surface area contributed by atoms with Gasteiger partial charge < -0.3 is 21.6 Å². The van der Waals surface area contributed by atoms with Gasteiger partial charge >= 0.3 is 115 Å². The molecular weight excluding hydrogens is 400 g/mol. The maximum absolute atomic E-state index is 11.9. The summed E-state index contributed by atoms with van der Waals surface area (Å²) in [4.78, 5) is 27.7. The van der Waals surface area contributed by atoms with Crippen molar-refractivity contribution in [1.82, 2.24) is 0 Å². The zero-order valence-corrected chi connectivity index (χ0v) is 21.1. The van der Waals surface area contributed by atoms with Crippen LogP contribution in [0.3, 0.4) is 0 Å². The average molecular weight is 410 g/mol. The Morgan fingerprint density at radius 1 is 1.17 bits per heavy atom. The van der Waals surface area contributed by atoms with Crippen molar-refractivity contribution in [2.75, 3.05) is 13.2 Å². The Balaban J connectivity index is 0.00000264. The smallest absolute Gasteiger partial charge is 0.467 e. The molecule has 0 aliphatic carbocycles. The van der Waals surface area contributed by atoms with Crippen molar-refractivity contribution in [3.8, 4) is 0 Å². The minimum Gasteiger partial charge on any atom is -0.467 e. The zero-order valence-electron chi connectivity index (χ0n) is 13.3. The van der Waals surface area contributed by atoms with E-state index in [1.165, 1.54) is 23.5 Å². The summed E-state index contributed by atoms with van der Waals surface area (Å²) in [6.45, 7) is 10.2. The average Bonchev–Trinajstić information content (AvgIpc) is 2.95. The van der Waals surface area contributed by atoms with Crippen molar-refractivity contribution in [3.63, 3.8) is 0 Å². The number of carbonyl (C=O) groups is 2. The number of ether oxygens (including phenoxy) is 2. The Morgan fingerprint density at radius 3 is 2.21 bits per heavy atom. The van der Waals surface area contributed by atoms with Gasteiger partial charge in [0.25, 0.3) is 5.70 Å². The van der Waals surface area contributed by atoms with Gasteiger partial charge in [0.05, 0.1) is 6.57 Å². The monoisotopic (exact) mass is 409 g/mol. The fraction of sp³-hybridized carbons (Fsp3) is 0.133. The summed E-state index contributed by atoms with van der Waals surface area (Å²) in [5, 5.41) is 0. The van der Waals surface area contributed by atoms with Crippen LogP contribution in [-0.4, -0.2) is 25.2 Å². The minimum absolute atomic E-state index is 0. The van der Waals surface area contributed by atoms with Gasteiger partial charge in [-0.1, -0.05) is 6.58 Å². The first-order valence-electron chi connectivity index (χ1n) is 6.02. The molecule has 1 aromatic carbocycles. The van der Waals surface area contributed by atoms with E-state index in [1.807, 2.05) is 0 Å². The number of hydrogen-bond acceptors (Lipinski definition) is 6. The second-order valence-corrected chi connectivity index (χ2v) is 6.04. The molecule has 24 heavy (non-hydrogen) atoms. The molecule has 0 spiro atoms.